The second-order valence-electron chi connectivity index (χ2n) is 8.40. The molecule has 6 heteroatoms. The number of carbonyl (C=O) groups is 2. The first-order valence-corrected chi connectivity index (χ1v) is 11.1. The van der Waals surface area contributed by atoms with Gasteiger partial charge in [-0.25, -0.2) is 0 Å². The quantitative estimate of drug-likeness (QED) is 0.783. The first-order chi connectivity index (χ1) is 14.5. The third-order valence-electron chi connectivity index (χ3n) is 6.00. The van der Waals surface area contributed by atoms with E-state index in [1.165, 1.54) is 11.1 Å². The number of piperazine rings is 1. The number of benzene rings is 2. The monoisotopic (exact) mass is 425 g/mol. The highest BCUT2D eigenvalue weighted by Crippen LogP contribution is 2.25. The zero-order valence-corrected chi connectivity index (χ0v) is 18.1. The molecule has 2 aromatic carbocycles. The molecule has 5 nitrogen and oxygen atoms in total. The molecule has 30 heavy (non-hydrogen) atoms. The van der Waals surface area contributed by atoms with E-state index in [4.69, 9.17) is 11.6 Å². The van der Waals surface area contributed by atoms with Gasteiger partial charge in [0.05, 0.1) is 0 Å². The molecule has 2 aliphatic rings. The van der Waals surface area contributed by atoms with Crippen LogP contribution in [0, 0.1) is 5.92 Å². The molecule has 0 spiro atoms. The van der Waals surface area contributed by atoms with E-state index < -0.39 is 0 Å². The minimum Gasteiger partial charge on any atom is -0.368 e. The number of nitrogens with zero attached hydrogens (tertiary/aromatic N) is 2. The number of halogens is 1. The fourth-order valence-corrected chi connectivity index (χ4v) is 4.46. The normalized spacial score (nSPS) is 17.3. The molecule has 158 valence electrons. The molecule has 1 fully saturated rings. The number of hydrogen-bond donors (Lipinski definition) is 1. The van der Waals surface area contributed by atoms with Crippen molar-refractivity contribution in [2.75, 3.05) is 36.4 Å². The van der Waals surface area contributed by atoms with Gasteiger partial charge < -0.3 is 15.1 Å². The van der Waals surface area contributed by atoms with Gasteiger partial charge in [0.1, 0.15) is 0 Å². The van der Waals surface area contributed by atoms with E-state index in [-0.39, 0.29) is 17.7 Å². The van der Waals surface area contributed by atoms with E-state index in [2.05, 4.69) is 29.3 Å². The van der Waals surface area contributed by atoms with Crippen molar-refractivity contribution >= 4 is 34.8 Å². The molecule has 0 bridgehead atoms. The van der Waals surface area contributed by atoms with E-state index >= 15 is 0 Å². The average Bonchev–Trinajstić information content (AvgIpc) is 2.74. The summed E-state index contributed by atoms with van der Waals surface area (Å²) in [5.41, 5.74) is 4.52. The minimum atomic E-state index is 0.0883. The SMILES string of the molecule is CC(CC(=O)N1CCN(c2ccc(Cl)cc2)CC1)Cc1ccc2c(c1)CCC(=O)N2. The molecule has 2 aromatic rings. The van der Waals surface area contributed by atoms with Crippen LogP contribution in [0.3, 0.4) is 0 Å². The lowest BCUT2D eigenvalue weighted by atomic mass is 9.93. The summed E-state index contributed by atoms with van der Waals surface area (Å²) in [7, 11) is 0. The van der Waals surface area contributed by atoms with Crippen LogP contribution < -0.4 is 10.2 Å². The Morgan fingerprint density at radius 2 is 1.80 bits per heavy atom. The largest absolute Gasteiger partial charge is 0.368 e. The third-order valence-corrected chi connectivity index (χ3v) is 6.25. The van der Waals surface area contributed by atoms with E-state index in [1.807, 2.05) is 35.2 Å². The predicted octanol–water partition coefficient (Wildman–Crippen LogP) is 4.14. The summed E-state index contributed by atoms with van der Waals surface area (Å²) in [5, 5.41) is 3.66. The van der Waals surface area contributed by atoms with Crippen molar-refractivity contribution in [2.45, 2.75) is 32.6 Å². The van der Waals surface area contributed by atoms with Crippen LogP contribution in [-0.2, 0) is 22.4 Å². The van der Waals surface area contributed by atoms with Crippen LogP contribution in [0.1, 0.15) is 30.9 Å². The molecule has 1 unspecified atom stereocenters. The Hall–Kier alpha value is -2.53. The second-order valence-corrected chi connectivity index (χ2v) is 8.83. The van der Waals surface area contributed by atoms with Gasteiger partial charge in [-0.1, -0.05) is 30.7 Å². The van der Waals surface area contributed by atoms with Crippen molar-refractivity contribution in [2.24, 2.45) is 5.92 Å². The maximum absolute atomic E-state index is 12.8. The molecule has 0 aliphatic carbocycles. The van der Waals surface area contributed by atoms with Crippen LogP contribution in [0.5, 0.6) is 0 Å². The Bertz CT molecular complexity index is 921. The highest BCUT2D eigenvalue weighted by Gasteiger charge is 2.23. The molecule has 0 radical (unpaired) electrons. The number of anilines is 2. The van der Waals surface area contributed by atoms with Gasteiger partial charge in [-0.3, -0.25) is 9.59 Å². The topological polar surface area (TPSA) is 52.7 Å². The van der Waals surface area contributed by atoms with Gasteiger partial charge in [-0.15, -0.1) is 0 Å². The lowest BCUT2D eigenvalue weighted by Crippen LogP contribution is -2.49. The van der Waals surface area contributed by atoms with Gasteiger partial charge in [-0.2, -0.15) is 0 Å². The summed E-state index contributed by atoms with van der Waals surface area (Å²) in [5.74, 6) is 0.608. The number of rotatable bonds is 5. The van der Waals surface area contributed by atoms with Crippen molar-refractivity contribution < 1.29 is 9.59 Å². The van der Waals surface area contributed by atoms with Crippen LogP contribution >= 0.6 is 11.6 Å². The van der Waals surface area contributed by atoms with Gasteiger partial charge in [0.25, 0.3) is 0 Å². The standard InChI is InChI=1S/C24H28ClN3O2/c1-17(14-18-2-8-22-19(16-18)3-9-23(29)26-22)15-24(30)28-12-10-27(11-13-28)21-6-4-20(25)5-7-21/h2,4-8,16-17H,3,9-15H2,1H3,(H,26,29). The van der Waals surface area contributed by atoms with Crippen LogP contribution in [0.4, 0.5) is 11.4 Å². The minimum absolute atomic E-state index is 0.0883. The average molecular weight is 426 g/mol. The smallest absolute Gasteiger partial charge is 0.224 e. The summed E-state index contributed by atoms with van der Waals surface area (Å²) >= 11 is 5.97. The molecule has 0 aromatic heterocycles. The molecule has 4 rings (SSSR count). The van der Waals surface area contributed by atoms with Crippen molar-refractivity contribution in [3.05, 3.63) is 58.6 Å². The van der Waals surface area contributed by atoms with Gasteiger partial charge in [0, 0.05) is 55.4 Å². The van der Waals surface area contributed by atoms with Gasteiger partial charge in [0.2, 0.25) is 11.8 Å². The Labute approximate surface area is 183 Å². The van der Waals surface area contributed by atoms with Crippen LogP contribution in [0.25, 0.3) is 0 Å². The summed E-state index contributed by atoms with van der Waals surface area (Å²) in [6.07, 6.45) is 2.78. The van der Waals surface area contributed by atoms with Crippen molar-refractivity contribution in [1.82, 2.24) is 4.90 Å². The molecular weight excluding hydrogens is 398 g/mol. The number of nitrogens with one attached hydrogen (secondary N) is 1. The summed E-state index contributed by atoms with van der Waals surface area (Å²) in [4.78, 5) is 28.6. The summed E-state index contributed by atoms with van der Waals surface area (Å²) in [6, 6.07) is 14.1. The molecule has 2 aliphatic heterocycles. The number of amides is 2. The zero-order valence-electron chi connectivity index (χ0n) is 17.4. The highest BCUT2D eigenvalue weighted by atomic mass is 35.5. The van der Waals surface area contributed by atoms with Gasteiger partial charge in [0.15, 0.2) is 0 Å². The fraction of sp³-hybridized carbons (Fsp3) is 0.417. The lowest BCUT2D eigenvalue weighted by molar-refractivity contribution is -0.132. The molecule has 1 atom stereocenters. The van der Waals surface area contributed by atoms with Crippen molar-refractivity contribution in [3.63, 3.8) is 0 Å². The van der Waals surface area contributed by atoms with Gasteiger partial charge in [-0.05, 0) is 60.2 Å². The van der Waals surface area contributed by atoms with E-state index in [0.29, 0.717) is 12.8 Å². The molecule has 2 amide bonds. The van der Waals surface area contributed by atoms with E-state index in [9.17, 15) is 9.59 Å². The maximum atomic E-state index is 12.8. The number of fused-ring (bicyclic) bond motifs is 1. The Kier molecular flexibility index (Phi) is 6.28. The number of hydrogen-bond acceptors (Lipinski definition) is 3. The summed E-state index contributed by atoms with van der Waals surface area (Å²) in [6.45, 7) is 5.35. The third kappa shape index (κ3) is 4.96. The van der Waals surface area contributed by atoms with Crippen LogP contribution in [0.2, 0.25) is 5.02 Å². The molecule has 0 saturated carbocycles. The Morgan fingerprint density at radius 1 is 1.07 bits per heavy atom. The van der Waals surface area contributed by atoms with Crippen LogP contribution in [-0.4, -0.2) is 42.9 Å². The zero-order chi connectivity index (χ0) is 21.1. The number of aryl methyl sites for hydroxylation is 1. The predicted molar refractivity (Wildman–Crippen MR) is 121 cm³/mol. The summed E-state index contributed by atoms with van der Waals surface area (Å²) < 4.78 is 0. The number of carbonyl (C=O) groups excluding carboxylic acids is 2. The van der Waals surface area contributed by atoms with E-state index in [1.54, 1.807) is 0 Å². The fourth-order valence-electron chi connectivity index (χ4n) is 4.33. The Morgan fingerprint density at radius 3 is 2.53 bits per heavy atom. The van der Waals surface area contributed by atoms with Crippen molar-refractivity contribution in [3.8, 4) is 0 Å². The molecule has 1 saturated heterocycles. The van der Waals surface area contributed by atoms with E-state index in [0.717, 1.165) is 55.4 Å². The van der Waals surface area contributed by atoms with Crippen molar-refractivity contribution in [1.29, 1.82) is 0 Å². The lowest BCUT2D eigenvalue weighted by Gasteiger charge is -2.36. The second kappa shape index (κ2) is 9.09. The first kappa shape index (κ1) is 20.7. The highest BCUT2D eigenvalue weighted by molar-refractivity contribution is 6.30. The Balaban J connectivity index is 1.27. The first-order valence-electron chi connectivity index (χ1n) is 10.7. The van der Waals surface area contributed by atoms with Gasteiger partial charge >= 0.3 is 0 Å². The molecule has 1 N–H and O–H groups in total. The maximum Gasteiger partial charge on any atom is 0.224 e. The molecular formula is C24H28ClN3O2. The molecule has 2 heterocycles. The van der Waals surface area contributed by atoms with Crippen LogP contribution in [0.15, 0.2) is 42.5 Å².